The van der Waals surface area contributed by atoms with E-state index in [2.05, 4.69) is 22.9 Å². The molecule has 0 saturated carbocycles. The van der Waals surface area contributed by atoms with Crippen LogP contribution in [0.4, 0.5) is 0 Å². The Morgan fingerprint density at radius 3 is 2.77 bits per heavy atom. The number of hydrogen-bond acceptors (Lipinski definition) is 1. The molecule has 1 unspecified atom stereocenters. The van der Waals surface area contributed by atoms with Gasteiger partial charge in [0.15, 0.2) is 0 Å². The van der Waals surface area contributed by atoms with E-state index in [1.165, 1.54) is 0 Å². The summed E-state index contributed by atoms with van der Waals surface area (Å²) in [5.41, 5.74) is 1.14. The van der Waals surface area contributed by atoms with Crippen LogP contribution in [0.15, 0.2) is 18.2 Å². The molecule has 0 radical (unpaired) electrons. The smallest absolute Gasteiger partial charge is 0.122 e. The standard InChI is InChI=1S/C10H12BrClO/c1-7(11)5-8-6-9(12)3-4-10(8)13-2/h3-4,6-7H,5H2,1-2H3. The lowest BCUT2D eigenvalue weighted by molar-refractivity contribution is 0.409. The fourth-order valence-electron chi connectivity index (χ4n) is 1.21. The van der Waals surface area contributed by atoms with E-state index in [0.717, 1.165) is 22.8 Å². The predicted molar refractivity (Wildman–Crippen MR) is 60.1 cm³/mol. The molecule has 0 aliphatic heterocycles. The Bertz CT molecular complexity index is 286. The molecular weight excluding hydrogens is 251 g/mol. The molecule has 1 aromatic rings. The second kappa shape index (κ2) is 4.87. The van der Waals surface area contributed by atoms with Crippen molar-refractivity contribution in [3.05, 3.63) is 28.8 Å². The molecule has 1 rings (SSSR count). The van der Waals surface area contributed by atoms with Crippen molar-refractivity contribution < 1.29 is 4.74 Å². The van der Waals surface area contributed by atoms with Crippen molar-refractivity contribution in [3.8, 4) is 5.75 Å². The number of benzene rings is 1. The van der Waals surface area contributed by atoms with Crippen molar-refractivity contribution in [2.75, 3.05) is 7.11 Å². The van der Waals surface area contributed by atoms with E-state index >= 15 is 0 Å². The van der Waals surface area contributed by atoms with Gasteiger partial charge in [0.1, 0.15) is 5.75 Å². The van der Waals surface area contributed by atoms with Gasteiger partial charge in [-0.2, -0.15) is 0 Å². The molecule has 0 amide bonds. The molecule has 0 aliphatic carbocycles. The molecule has 0 spiro atoms. The highest BCUT2D eigenvalue weighted by atomic mass is 79.9. The molecule has 0 bridgehead atoms. The van der Waals surface area contributed by atoms with E-state index < -0.39 is 0 Å². The van der Waals surface area contributed by atoms with Crippen LogP contribution in [0, 0.1) is 0 Å². The zero-order valence-electron chi connectivity index (χ0n) is 7.68. The van der Waals surface area contributed by atoms with E-state index in [0.29, 0.717) is 4.83 Å². The number of halogens is 2. The zero-order chi connectivity index (χ0) is 9.84. The maximum absolute atomic E-state index is 5.89. The van der Waals surface area contributed by atoms with Crippen molar-refractivity contribution in [1.29, 1.82) is 0 Å². The van der Waals surface area contributed by atoms with Gasteiger partial charge in [-0.3, -0.25) is 0 Å². The molecule has 1 aromatic carbocycles. The first kappa shape index (κ1) is 10.9. The molecular formula is C10H12BrClO. The largest absolute Gasteiger partial charge is 0.496 e. The van der Waals surface area contributed by atoms with Crippen LogP contribution in [0.25, 0.3) is 0 Å². The molecule has 0 heterocycles. The van der Waals surface area contributed by atoms with Gasteiger partial charge in [0, 0.05) is 9.85 Å². The van der Waals surface area contributed by atoms with Crippen LogP contribution >= 0.6 is 27.5 Å². The molecule has 72 valence electrons. The van der Waals surface area contributed by atoms with E-state index in [1.807, 2.05) is 18.2 Å². The summed E-state index contributed by atoms with van der Waals surface area (Å²) in [5.74, 6) is 0.899. The van der Waals surface area contributed by atoms with Crippen molar-refractivity contribution >= 4 is 27.5 Å². The minimum absolute atomic E-state index is 0.430. The van der Waals surface area contributed by atoms with Crippen LogP contribution in [0.2, 0.25) is 5.02 Å². The van der Waals surface area contributed by atoms with Crippen molar-refractivity contribution in [1.82, 2.24) is 0 Å². The molecule has 0 aromatic heterocycles. The zero-order valence-corrected chi connectivity index (χ0v) is 10.0. The van der Waals surface area contributed by atoms with Gasteiger partial charge in [0.2, 0.25) is 0 Å². The molecule has 0 aliphatic rings. The average molecular weight is 264 g/mol. The van der Waals surface area contributed by atoms with Crippen molar-refractivity contribution in [3.63, 3.8) is 0 Å². The van der Waals surface area contributed by atoms with Gasteiger partial charge in [-0.1, -0.05) is 34.5 Å². The predicted octanol–water partition coefficient (Wildman–Crippen LogP) is 3.67. The second-order valence-corrected chi connectivity index (χ2v) is 4.94. The molecule has 0 N–H and O–H groups in total. The van der Waals surface area contributed by atoms with Gasteiger partial charge in [-0.05, 0) is 30.2 Å². The molecule has 13 heavy (non-hydrogen) atoms. The van der Waals surface area contributed by atoms with Gasteiger partial charge in [-0.25, -0.2) is 0 Å². The summed E-state index contributed by atoms with van der Waals surface area (Å²) in [4.78, 5) is 0.430. The SMILES string of the molecule is COc1ccc(Cl)cc1CC(C)Br. The first-order valence-corrected chi connectivity index (χ1v) is 5.39. The Morgan fingerprint density at radius 2 is 2.23 bits per heavy atom. The normalized spacial score (nSPS) is 12.6. The molecule has 0 fully saturated rings. The first-order chi connectivity index (χ1) is 6.13. The summed E-state index contributed by atoms with van der Waals surface area (Å²) in [7, 11) is 1.67. The van der Waals surface area contributed by atoms with Crippen LogP contribution in [-0.4, -0.2) is 11.9 Å². The van der Waals surface area contributed by atoms with E-state index in [1.54, 1.807) is 7.11 Å². The topological polar surface area (TPSA) is 9.23 Å². The lowest BCUT2D eigenvalue weighted by atomic mass is 10.1. The molecule has 3 heteroatoms. The fourth-order valence-corrected chi connectivity index (χ4v) is 1.75. The Labute approximate surface area is 92.2 Å². The van der Waals surface area contributed by atoms with Gasteiger partial charge in [0.05, 0.1) is 7.11 Å². The van der Waals surface area contributed by atoms with Crippen LogP contribution in [-0.2, 0) is 6.42 Å². The Morgan fingerprint density at radius 1 is 1.54 bits per heavy atom. The molecule has 1 atom stereocenters. The van der Waals surface area contributed by atoms with Crippen molar-refractivity contribution in [2.24, 2.45) is 0 Å². The monoisotopic (exact) mass is 262 g/mol. The number of ether oxygens (including phenoxy) is 1. The fraction of sp³-hybridized carbons (Fsp3) is 0.400. The highest BCUT2D eigenvalue weighted by Gasteiger charge is 2.06. The summed E-state index contributed by atoms with van der Waals surface area (Å²) in [6.07, 6.45) is 0.920. The third kappa shape index (κ3) is 3.20. The quantitative estimate of drug-likeness (QED) is 0.756. The summed E-state index contributed by atoms with van der Waals surface area (Å²) in [6, 6.07) is 5.67. The maximum Gasteiger partial charge on any atom is 0.122 e. The van der Waals surface area contributed by atoms with Crippen molar-refractivity contribution in [2.45, 2.75) is 18.2 Å². The second-order valence-electron chi connectivity index (χ2n) is 2.94. The highest BCUT2D eigenvalue weighted by Crippen LogP contribution is 2.25. The van der Waals surface area contributed by atoms with Crippen LogP contribution in [0.5, 0.6) is 5.75 Å². The Balaban J connectivity index is 2.94. The third-order valence-corrected chi connectivity index (χ3v) is 2.30. The summed E-state index contributed by atoms with van der Waals surface area (Å²) in [5, 5.41) is 0.754. The molecule has 0 saturated heterocycles. The number of alkyl halides is 1. The lowest BCUT2D eigenvalue weighted by Crippen LogP contribution is -1.99. The Hall–Kier alpha value is -0.210. The average Bonchev–Trinajstić information content (AvgIpc) is 2.03. The van der Waals surface area contributed by atoms with Crippen LogP contribution in [0.1, 0.15) is 12.5 Å². The Kier molecular flexibility index (Phi) is 4.07. The van der Waals surface area contributed by atoms with Gasteiger partial charge in [0.25, 0.3) is 0 Å². The highest BCUT2D eigenvalue weighted by molar-refractivity contribution is 9.09. The van der Waals surface area contributed by atoms with Crippen LogP contribution in [0.3, 0.4) is 0 Å². The summed E-state index contributed by atoms with van der Waals surface area (Å²) >= 11 is 9.39. The number of hydrogen-bond donors (Lipinski definition) is 0. The van der Waals surface area contributed by atoms with E-state index in [4.69, 9.17) is 16.3 Å². The first-order valence-electron chi connectivity index (χ1n) is 4.10. The molecule has 1 nitrogen and oxygen atoms in total. The van der Waals surface area contributed by atoms with Gasteiger partial charge >= 0.3 is 0 Å². The van der Waals surface area contributed by atoms with Crippen LogP contribution < -0.4 is 4.74 Å². The summed E-state index contributed by atoms with van der Waals surface area (Å²) < 4.78 is 5.22. The minimum Gasteiger partial charge on any atom is -0.496 e. The minimum atomic E-state index is 0.430. The van der Waals surface area contributed by atoms with E-state index in [-0.39, 0.29) is 0 Å². The third-order valence-electron chi connectivity index (χ3n) is 1.74. The van der Waals surface area contributed by atoms with Gasteiger partial charge in [-0.15, -0.1) is 0 Å². The number of rotatable bonds is 3. The maximum atomic E-state index is 5.89. The summed E-state index contributed by atoms with van der Waals surface area (Å²) in [6.45, 7) is 2.10. The van der Waals surface area contributed by atoms with Gasteiger partial charge < -0.3 is 4.74 Å². The number of methoxy groups -OCH3 is 1. The lowest BCUT2D eigenvalue weighted by Gasteiger charge is -2.09. The van der Waals surface area contributed by atoms with E-state index in [9.17, 15) is 0 Å².